The van der Waals surface area contributed by atoms with E-state index in [4.69, 9.17) is 9.72 Å². The van der Waals surface area contributed by atoms with Gasteiger partial charge in [0.05, 0.1) is 6.61 Å². The first-order chi connectivity index (χ1) is 16.6. The molecule has 4 aromatic rings. The number of rotatable bonds is 9. The summed E-state index contributed by atoms with van der Waals surface area (Å²) in [6.07, 6.45) is 6.61. The van der Waals surface area contributed by atoms with Crippen LogP contribution in [0.5, 0.6) is 0 Å². The number of carbonyl (C=O) groups is 1. The Kier molecular flexibility index (Phi) is 7.33. The number of hydrogen-bond acceptors (Lipinski definition) is 6. The Balaban J connectivity index is 1.69. The molecule has 0 unspecified atom stereocenters. The van der Waals surface area contributed by atoms with E-state index >= 15 is 0 Å². The summed E-state index contributed by atoms with van der Waals surface area (Å²) in [5.74, 6) is 0.549. The quantitative estimate of drug-likeness (QED) is 0.240. The van der Waals surface area contributed by atoms with E-state index in [-0.39, 0.29) is 5.97 Å². The molecule has 4 rings (SSSR count). The van der Waals surface area contributed by atoms with Gasteiger partial charge in [0.25, 0.3) is 0 Å². The Morgan fingerprint density at radius 1 is 1.15 bits per heavy atom. The number of unbranched alkanes of at least 4 members (excludes halogenated alkanes) is 1. The Bertz CT molecular complexity index is 1350. The molecular weight excluding hydrogens is 446 g/mol. The van der Waals surface area contributed by atoms with Gasteiger partial charge in [-0.3, -0.25) is 4.40 Å². The van der Waals surface area contributed by atoms with Gasteiger partial charge in [0.1, 0.15) is 28.3 Å². The van der Waals surface area contributed by atoms with Gasteiger partial charge in [-0.15, -0.1) is 11.8 Å². The van der Waals surface area contributed by atoms with E-state index in [0.29, 0.717) is 35.3 Å². The molecular formula is C26H27N5O2S. The molecule has 0 N–H and O–H groups in total. The van der Waals surface area contributed by atoms with Crippen LogP contribution >= 0.6 is 11.8 Å². The molecule has 0 amide bonds. The topological polar surface area (TPSA) is 85.2 Å². The first-order valence-corrected chi connectivity index (χ1v) is 12.6. The van der Waals surface area contributed by atoms with Crippen LogP contribution in [0, 0.1) is 11.3 Å². The maximum Gasteiger partial charge on any atom is 0.357 e. The van der Waals surface area contributed by atoms with E-state index in [2.05, 4.69) is 18.0 Å². The summed E-state index contributed by atoms with van der Waals surface area (Å²) in [5, 5.41) is 10.4. The molecule has 0 radical (unpaired) electrons. The molecule has 0 bridgehead atoms. The summed E-state index contributed by atoms with van der Waals surface area (Å²) in [7, 11) is 0. The minimum Gasteiger partial charge on any atom is -0.461 e. The van der Waals surface area contributed by atoms with Crippen LogP contribution < -0.4 is 0 Å². The van der Waals surface area contributed by atoms with Gasteiger partial charge in [-0.2, -0.15) is 5.26 Å². The Labute approximate surface area is 203 Å². The SMILES string of the molecule is CCCCc1nc(SC)c(C(=O)OCC)n1Cc1ccc(-c2nc3ccccn3c2C#N)cc1. The van der Waals surface area contributed by atoms with Crippen LogP contribution in [0.2, 0.25) is 0 Å². The summed E-state index contributed by atoms with van der Waals surface area (Å²) in [4.78, 5) is 22.2. The standard InChI is InChI=1S/C26H27N5O2S/c1-4-6-9-22-29-25(34-3)24(26(32)33-5-2)31(22)17-18-11-13-19(14-12-18)23-20(16-27)30-15-8-7-10-21(30)28-23/h7-8,10-15H,4-6,9,17H2,1-3H3. The van der Waals surface area contributed by atoms with Gasteiger partial charge in [0, 0.05) is 24.7 Å². The molecule has 174 valence electrons. The van der Waals surface area contributed by atoms with Crippen LogP contribution in [0.1, 0.15) is 54.3 Å². The number of benzene rings is 1. The van der Waals surface area contributed by atoms with Crippen LogP contribution in [-0.2, 0) is 17.7 Å². The van der Waals surface area contributed by atoms with E-state index in [1.807, 2.05) is 66.4 Å². The number of hydrogen-bond donors (Lipinski definition) is 0. The molecule has 3 aromatic heterocycles. The van der Waals surface area contributed by atoms with Crippen LogP contribution in [0.25, 0.3) is 16.9 Å². The average Bonchev–Trinajstić information content (AvgIpc) is 3.41. The molecule has 0 spiro atoms. The van der Waals surface area contributed by atoms with Gasteiger partial charge in [0.15, 0.2) is 11.4 Å². The van der Waals surface area contributed by atoms with Crippen LogP contribution in [0.15, 0.2) is 53.7 Å². The van der Waals surface area contributed by atoms with Crippen molar-refractivity contribution < 1.29 is 9.53 Å². The molecule has 3 heterocycles. The lowest BCUT2D eigenvalue weighted by Crippen LogP contribution is -2.16. The predicted molar refractivity (Wildman–Crippen MR) is 133 cm³/mol. The number of nitrogens with zero attached hydrogens (tertiary/aromatic N) is 5. The van der Waals surface area contributed by atoms with Crippen molar-refractivity contribution in [3.8, 4) is 17.3 Å². The number of imidazole rings is 2. The third kappa shape index (κ3) is 4.57. The van der Waals surface area contributed by atoms with Gasteiger partial charge in [-0.1, -0.05) is 43.7 Å². The normalized spacial score (nSPS) is 11.0. The highest BCUT2D eigenvalue weighted by Gasteiger charge is 2.24. The van der Waals surface area contributed by atoms with Crippen LogP contribution in [-0.4, -0.2) is 37.8 Å². The number of pyridine rings is 1. The third-order valence-corrected chi connectivity index (χ3v) is 6.31. The van der Waals surface area contributed by atoms with Gasteiger partial charge in [-0.25, -0.2) is 14.8 Å². The molecule has 0 aliphatic rings. The fraction of sp³-hybridized carbons (Fsp3) is 0.308. The molecule has 1 aromatic carbocycles. The zero-order chi connectivity index (χ0) is 24.1. The van der Waals surface area contributed by atoms with Crippen molar-refractivity contribution in [2.24, 2.45) is 0 Å². The maximum atomic E-state index is 12.8. The van der Waals surface area contributed by atoms with E-state index in [0.717, 1.165) is 41.9 Å². The van der Waals surface area contributed by atoms with Crippen LogP contribution in [0.4, 0.5) is 0 Å². The molecule has 0 atom stereocenters. The number of aryl methyl sites for hydroxylation is 1. The van der Waals surface area contributed by atoms with Crippen molar-refractivity contribution in [2.75, 3.05) is 12.9 Å². The van der Waals surface area contributed by atoms with Crippen molar-refractivity contribution >= 4 is 23.4 Å². The highest BCUT2D eigenvalue weighted by atomic mass is 32.2. The zero-order valence-corrected chi connectivity index (χ0v) is 20.4. The van der Waals surface area contributed by atoms with Crippen molar-refractivity contribution in [1.29, 1.82) is 5.26 Å². The molecule has 0 saturated carbocycles. The largest absolute Gasteiger partial charge is 0.461 e. The Hall–Kier alpha value is -3.57. The number of aromatic nitrogens is 4. The Morgan fingerprint density at radius 2 is 1.94 bits per heavy atom. The summed E-state index contributed by atoms with van der Waals surface area (Å²) in [5.41, 5.74) is 4.31. The number of ether oxygens (including phenoxy) is 1. The van der Waals surface area contributed by atoms with Gasteiger partial charge in [0.2, 0.25) is 0 Å². The molecule has 34 heavy (non-hydrogen) atoms. The maximum absolute atomic E-state index is 12.8. The minimum absolute atomic E-state index is 0.317. The smallest absolute Gasteiger partial charge is 0.357 e. The second kappa shape index (κ2) is 10.6. The molecule has 7 nitrogen and oxygen atoms in total. The predicted octanol–water partition coefficient (Wildman–Crippen LogP) is 5.36. The fourth-order valence-electron chi connectivity index (χ4n) is 3.96. The molecule has 0 aliphatic carbocycles. The number of fused-ring (bicyclic) bond motifs is 1. The molecule has 0 aliphatic heterocycles. The van der Waals surface area contributed by atoms with Crippen molar-refractivity contribution in [3.63, 3.8) is 0 Å². The number of nitriles is 1. The number of esters is 1. The molecule has 8 heteroatoms. The lowest BCUT2D eigenvalue weighted by Gasteiger charge is -2.12. The van der Waals surface area contributed by atoms with Crippen LogP contribution in [0.3, 0.4) is 0 Å². The van der Waals surface area contributed by atoms with Gasteiger partial charge in [-0.05, 0) is 37.3 Å². The number of carbonyl (C=O) groups excluding carboxylic acids is 1. The second-order valence-electron chi connectivity index (χ2n) is 7.84. The van der Waals surface area contributed by atoms with E-state index in [1.165, 1.54) is 11.8 Å². The summed E-state index contributed by atoms with van der Waals surface area (Å²) >= 11 is 1.46. The minimum atomic E-state index is -0.345. The second-order valence-corrected chi connectivity index (χ2v) is 8.64. The molecule has 0 saturated heterocycles. The average molecular weight is 474 g/mol. The van der Waals surface area contributed by atoms with E-state index in [9.17, 15) is 10.1 Å². The first-order valence-electron chi connectivity index (χ1n) is 11.4. The highest BCUT2D eigenvalue weighted by molar-refractivity contribution is 7.98. The lowest BCUT2D eigenvalue weighted by molar-refractivity contribution is 0.0509. The van der Waals surface area contributed by atoms with E-state index < -0.39 is 0 Å². The van der Waals surface area contributed by atoms with Crippen molar-refractivity contribution in [1.82, 2.24) is 18.9 Å². The Morgan fingerprint density at radius 3 is 2.62 bits per heavy atom. The zero-order valence-electron chi connectivity index (χ0n) is 19.6. The summed E-state index contributed by atoms with van der Waals surface area (Å²) in [6.45, 7) is 4.78. The van der Waals surface area contributed by atoms with Gasteiger partial charge < -0.3 is 9.30 Å². The number of thioether (sulfide) groups is 1. The summed E-state index contributed by atoms with van der Waals surface area (Å²) in [6, 6.07) is 15.9. The van der Waals surface area contributed by atoms with Crippen molar-refractivity contribution in [2.45, 2.75) is 44.7 Å². The monoisotopic (exact) mass is 473 g/mol. The van der Waals surface area contributed by atoms with Crippen molar-refractivity contribution in [3.05, 3.63) is 71.4 Å². The third-order valence-electron chi connectivity index (χ3n) is 5.63. The highest BCUT2D eigenvalue weighted by Crippen LogP contribution is 2.27. The fourth-order valence-corrected chi connectivity index (χ4v) is 4.55. The molecule has 0 fully saturated rings. The lowest BCUT2D eigenvalue weighted by atomic mass is 10.1. The summed E-state index contributed by atoms with van der Waals surface area (Å²) < 4.78 is 9.13. The first kappa shape index (κ1) is 23.6. The van der Waals surface area contributed by atoms with Gasteiger partial charge >= 0.3 is 5.97 Å². The van der Waals surface area contributed by atoms with E-state index in [1.54, 1.807) is 4.40 Å².